The molecule has 0 N–H and O–H groups in total. The van der Waals surface area contributed by atoms with Gasteiger partial charge in [-0.25, -0.2) is 13.4 Å². The van der Waals surface area contributed by atoms with Gasteiger partial charge in [0.25, 0.3) is 15.6 Å². The quantitative estimate of drug-likeness (QED) is 0.590. The van der Waals surface area contributed by atoms with Gasteiger partial charge in [-0.1, -0.05) is 6.42 Å². The topological polar surface area (TPSA) is 85.4 Å². The van der Waals surface area contributed by atoms with Gasteiger partial charge in [0, 0.05) is 18.0 Å². The number of furan rings is 1. The van der Waals surface area contributed by atoms with Crippen LogP contribution in [-0.2, 0) is 29.4 Å². The van der Waals surface area contributed by atoms with Crippen LogP contribution in [0.4, 0.5) is 0 Å². The summed E-state index contributed by atoms with van der Waals surface area (Å²) < 4.78 is 33.9. The van der Waals surface area contributed by atoms with E-state index in [2.05, 4.69) is 4.98 Å². The smallest absolute Gasteiger partial charge is 0.276 e. The molecule has 29 heavy (non-hydrogen) atoms. The van der Waals surface area contributed by atoms with E-state index in [9.17, 15) is 13.2 Å². The second-order valence-electron chi connectivity index (χ2n) is 7.75. The maximum atomic E-state index is 13.2. The van der Waals surface area contributed by atoms with Crippen molar-refractivity contribution in [2.24, 2.45) is 0 Å². The molecule has 5 rings (SSSR count). The third-order valence-electron chi connectivity index (χ3n) is 5.81. The number of sulfonamides is 1. The second-order valence-corrected chi connectivity index (χ2v) is 10.7. The van der Waals surface area contributed by atoms with Crippen molar-refractivity contribution in [1.29, 1.82) is 0 Å². The van der Waals surface area contributed by atoms with Crippen LogP contribution in [0.2, 0.25) is 0 Å². The minimum Gasteiger partial charge on any atom is -0.446 e. The highest BCUT2D eigenvalue weighted by Crippen LogP contribution is 2.32. The predicted molar refractivity (Wildman–Crippen MR) is 111 cm³/mol. The van der Waals surface area contributed by atoms with Gasteiger partial charge >= 0.3 is 0 Å². The molecule has 0 unspecified atom stereocenters. The van der Waals surface area contributed by atoms with Crippen molar-refractivity contribution in [2.45, 2.75) is 56.6 Å². The summed E-state index contributed by atoms with van der Waals surface area (Å²) in [6.45, 7) is 1.23. The minimum absolute atomic E-state index is 0.0547. The fraction of sp³-hybridized carbons (Fsp3) is 0.500. The molecule has 3 aromatic heterocycles. The summed E-state index contributed by atoms with van der Waals surface area (Å²) in [6.07, 6.45) is 8.69. The molecule has 3 aromatic rings. The maximum Gasteiger partial charge on any atom is 0.276 e. The van der Waals surface area contributed by atoms with Gasteiger partial charge in [-0.3, -0.25) is 9.36 Å². The Hall–Kier alpha value is -1.97. The van der Waals surface area contributed by atoms with E-state index in [1.807, 2.05) is 0 Å². The van der Waals surface area contributed by atoms with E-state index < -0.39 is 10.0 Å². The number of nitrogens with zero attached hydrogens (tertiary/aromatic N) is 3. The van der Waals surface area contributed by atoms with Crippen molar-refractivity contribution >= 4 is 31.6 Å². The first-order valence-corrected chi connectivity index (χ1v) is 12.4. The number of hydrogen-bond donors (Lipinski definition) is 0. The third kappa shape index (κ3) is 3.35. The second kappa shape index (κ2) is 7.37. The largest absolute Gasteiger partial charge is 0.446 e. The highest BCUT2D eigenvalue weighted by molar-refractivity contribution is 7.89. The Balaban J connectivity index is 1.47. The fourth-order valence-electron chi connectivity index (χ4n) is 4.28. The van der Waals surface area contributed by atoms with Crippen molar-refractivity contribution in [2.75, 3.05) is 13.1 Å². The Morgan fingerprint density at radius 1 is 1.07 bits per heavy atom. The van der Waals surface area contributed by atoms with E-state index in [0.29, 0.717) is 18.8 Å². The summed E-state index contributed by atoms with van der Waals surface area (Å²) in [5.74, 6) is 0.437. The van der Waals surface area contributed by atoms with Crippen molar-refractivity contribution in [3.05, 3.63) is 45.0 Å². The van der Waals surface area contributed by atoms with Crippen LogP contribution in [0, 0.1) is 0 Å². The summed E-state index contributed by atoms with van der Waals surface area (Å²) >= 11 is 1.63. The predicted octanol–water partition coefficient (Wildman–Crippen LogP) is 3.15. The molecule has 1 aliphatic heterocycles. The zero-order chi connectivity index (χ0) is 20.0. The third-order valence-corrected chi connectivity index (χ3v) is 8.79. The number of thiophene rings is 1. The van der Waals surface area contributed by atoms with Crippen LogP contribution in [0.15, 0.2) is 32.8 Å². The molecule has 0 radical (unpaired) electrons. The van der Waals surface area contributed by atoms with Gasteiger partial charge in [0.15, 0.2) is 0 Å². The Morgan fingerprint density at radius 3 is 2.69 bits per heavy atom. The molecule has 7 nitrogen and oxygen atoms in total. The summed E-state index contributed by atoms with van der Waals surface area (Å²) in [5.41, 5.74) is 1.08. The molecule has 154 valence electrons. The number of fused-ring (bicyclic) bond motifs is 3. The molecule has 9 heteroatoms. The first-order chi connectivity index (χ1) is 14.0. The monoisotopic (exact) mass is 433 g/mol. The van der Waals surface area contributed by atoms with Crippen molar-refractivity contribution in [3.8, 4) is 0 Å². The van der Waals surface area contributed by atoms with E-state index in [1.54, 1.807) is 17.4 Å². The molecule has 0 saturated carbocycles. The molecule has 0 bridgehead atoms. The van der Waals surface area contributed by atoms with Crippen LogP contribution >= 0.6 is 11.3 Å². The summed E-state index contributed by atoms with van der Waals surface area (Å²) in [5, 5.41) is 0.673. The lowest BCUT2D eigenvalue weighted by Gasteiger charge is -2.12. The van der Waals surface area contributed by atoms with Gasteiger partial charge in [-0.15, -0.1) is 11.3 Å². The molecule has 2 aliphatic rings. The summed E-state index contributed by atoms with van der Waals surface area (Å²) in [7, 11) is -3.60. The number of aryl methyl sites for hydroxylation is 2. The fourth-order valence-corrected chi connectivity index (χ4v) is 6.94. The molecule has 0 atom stereocenters. The highest BCUT2D eigenvalue weighted by atomic mass is 32.2. The Kier molecular flexibility index (Phi) is 4.84. The van der Waals surface area contributed by atoms with E-state index >= 15 is 0 Å². The molecule has 1 fully saturated rings. The zero-order valence-corrected chi connectivity index (χ0v) is 17.7. The lowest BCUT2D eigenvalue weighted by atomic mass is 10.1. The SMILES string of the molecule is O=c1c2c3c(sc2ncn1Cc1ccc(S(=O)(=O)N2CCCC2)o1)CCCCC3. The average Bonchev–Trinajstić information content (AvgIpc) is 3.43. The van der Waals surface area contributed by atoms with E-state index in [-0.39, 0.29) is 17.2 Å². The standard InChI is InChI=1S/C20H23N3O4S2/c24-20-18-15-6-2-1-3-7-16(15)28-19(18)21-13-22(20)12-14-8-9-17(27-14)29(25,26)23-10-4-5-11-23/h8-9,13H,1-7,10-12H2. The van der Waals surface area contributed by atoms with Gasteiger partial charge in [0.2, 0.25) is 5.09 Å². The normalized spacial score (nSPS) is 18.2. The Bertz CT molecular complexity index is 1220. The minimum atomic E-state index is -3.60. The highest BCUT2D eigenvalue weighted by Gasteiger charge is 2.30. The summed E-state index contributed by atoms with van der Waals surface area (Å²) in [6, 6.07) is 3.12. The van der Waals surface area contributed by atoms with Crippen LogP contribution in [-0.4, -0.2) is 35.4 Å². The van der Waals surface area contributed by atoms with Crippen LogP contribution in [0.5, 0.6) is 0 Å². The Labute approximate surface area is 173 Å². The molecule has 1 aliphatic carbocycles. The molecule has 0 spiro atoms. The Morgan fingerprint density at radius 2 is 1.86 bits per heavy atom. The molecular formula is C20H23N3O4S2. The van der Waals surface area contributed by atoms with E-state index in [4.69, 9.17) is 4.42 Å². The van der Waals surface area contributed by atoms with Gasteiger partial charge < -0.3 is 4.42 Å². The molecule has 0 amide bonds. The van der Waals surface area contributed by atoms with Crippen LogP contribution < -0.4 is 5.56 Å². The van der Waals surface area contributed by atoms with Crippen LogP contribution in [0.25, 0.3) is 10.2 Å². The first-order valence-electron chi connectivity index (χ1n) is 10.1. The zero-order valence-electron chi connectivity index (χ0n) is 16.1. The maximum absolute atomic E-state index is 13.2. The van der Waals surface area contributed by atoms with Gasteiger partial charge in [-0.05, 0) is 56.2 Å². The van der Waals surface area contributed by atoms with Gasteiger partial charge in [0.05, 0.1) is 18.3 Å². The van der Waals surface area contributed by atoms with E-state index in [1.165, 1.54) is 32.6 Å². The lowest BCUT2D eigenvalue weighted by molar-refractivity contribution is 0.383. The van der Waals surface area contributed by atoms with Crippen molar-refractivity contribution in [1.82, 2.24) is 13.9 Å². The molecule has 1 saturated heterocycles. The first kappa shape index (κ1) is 19.0. The number of hydrogen-bond acceptors (Lipinski definition) is 6. The van der Waals surface area contributed by atoms with Crippen LogP contribution in [0.1, 0.15) is 48.3 Å². The van der Waals surface area contributed by atoms with E-state index in [0.717, 1.165) is 54.3 Å². The average molecular weight is 434 g/mol. The van der Waals surface area contributed by atoms with Gasteiger partial charge in [-0.2, -0.15) is 4.31 Å². The molecule has 0 aromatic carbocycles. The number of aromatic nitrogens is 2. The van der Waals surface area contributed by atoms with Crippen molar-refractivity contribution < 1.29 is 12.8 Å². The summed E-state index contributed by atoms with van der Waals surface area (Å²) in [4.78, 5) is 19.7. The van der Waals surface area contributed by atoms with Crippen LogP contribution in [0.3, 0.4) is 0 Å². The van der Waals surface area contributed by atoms with Crippen molar-refractivity contribution in [3.63, 3.8) is 0 Å². The molecular weight excluding hydrogens is 410 g/mol. The van der Waals surface area contributed by atoms with Gasteiger partial charge in [0.1, 0.15) is 10.6 Å². The molecule has 4 heterocycles. The number of rotatable bonds is 4. The lowest BCUT2D eigenvalue weighted by Crippen LogP contribution is -2.27.